The van der Waals surface area contributed by atoms with Crippen LogP contribution in [-0.4, -0.2) is 31.8 Å². The van der Waals surface area contributed by atoms with Gasteiger partial charge in [0.15, 0.2) is 11.5 Å². The van der Waals surface area contributed by atoms with E-state index in [0.717, 1.165) is 10.4 Å². The predicted octanol–water partition coefficient (Wildman–Crippen LogP) is 3.67. The minimum atomic E-state index is -0.161. The fourth-order valence-corrected chi connectivity index (χ4v) is 4.93. The third-order valence-electron chi connectivity index (χ3n) is 5.28. The lowest BCUT2D eigenvalue weighted by Gasteiger charge is -2.32. The van der Waals surface area contributed by atoms with Gasteiger partial charge in [-0.1, -0.05) is 41.7 Å². The van der Waals surface area contributed by atoms with Crippen LogP contribution < -0.4 is 24.0 Å². The molecule has 1 amide bonds. The first-order valence-corrected chi connectivity index (χ1v) is 10.2. The topological polar surface area (TPSA) is 70.0 Å². The highest BCUT2D eigenvalue weighted by Gasteiger charge is 2.38. The number of anilines is 2. The van der Waals surface area contributed by atoms with Crippen LogP contribution in [0.3, 0.4) is 0 Å². The third-order valence-corrected chi connectivity index (χ3v) is 6.41. The molecule has 0 fully saturated rings. The number of hydrogen-bond acceptors (Lipinski definition) is 6. The predicted molar refractivity (Wildman–Crippen MR) is 116 cm³/mol. The summed E-state index contributed by atoms with van der Waals surface area (Å²) in [5, 5.41) is 0. The van der Waals surface area contributed by atoms with E-state index in [1.165, 1.54) is 37.2 Å². The van der Waals surface area contributed by atoms with Gasteiger partial charge in [-0.2, -0.15) is 0 Å². The molecule has 1 unspecified atom stereocenters. The number of aromatic nitrogens is 1. The van der Waals surface area contributed by atoms with Gasteiger partial charge in [0.25, 0.3) is 0 Å². The van der Waals surface area contributed by atoms with Crippen molar-refractivity contribution in [3.8, 4) is 17.2 Å². The summed E-state index contributed by atoms with van der Waals surface area (Å²) in [4.78, 5) is 28.3. The molecular weight excluding hydrogens is 404 g/mol. The molecule has 1 aromatic heterocycles. The summed E-state index contributed by atoms with van der Waals surface area (Å²) in [5.74, 6) is 1.61. The SMILES string of the molecule is COc1cc(N2C(=O)CC(c3ccccc3)c3sc(=O)n(C)c32)cc(OC)c1OC. The van der Waals surface area contributed by atoms with Crippen LogP contribution in [0.25, 0.3) is 0 Å². The van der Waals surface area contributed by atoms with Gasteiger partial charge in [-0.25, -0.2) is 0 Å². The lowest BCUT2D eigenvalue weighted by atomic mass is 9.90. The highest BCUT2D eigenvalue weighted by molar-refractivity contribution is 7.10. The van der Waals surface area contributed by atoms with E-state index in [4.69, 9.17) is 14.2 Å². The van der Waals surface area contributed by atoms with Crippen molar-refractivity contribution in [1.29, 1.82) is 0 Å². The molecule has 0 saturated carbocycles. The Morgan fingerprint density at radius 2 is 1.60 bits per heavy atom. The molecule has 7 nitrogen and oxygen atoms in total. The number of fused-ring (bicyclic) bond motifs is 1. The second kappa shape index (κ2) is 7.87. The minimum absolute atomic E-state index is 0.112. The number of rotatable bonds is 5. The summed E-state index contributed by atoms with van der Waals surface area (Å²) < 4.78 is 17.8. The van der Waals surface area contributed by atoms with E-state index < -0.39 is 0 Å². The van der Waals surface area contributed by atoms with Gasteiger partial charge < -0.3 is 14.2 Å². The van der Waals surface area contributed by atoms with Crippen LogP contribution in [0.1, 0.15) is 22.8 Å². The minimum Gasteiger partial charge on any atom is -0.493 e. The number of carbonyl (C=O) groups is 1. The third kappa shape index (κ3) is 3.13. The van der Waals surface area contributed by atoms with Gasteiger partial charge in [-0.15, -0.1) is 0 Å². The number of benzene rings is 2. The van der Waals surface area contributed by atoms with Crippen LogP contribution in [0.15, 0.2) is 47.3 Å². The van der Waals surface area contributed by atoms with E-state index in [9.17, 15) is 9.59 Å². The number of amides is 1. The molecule has 0 spiro atoms. The van der Waals surface area contributed by atoms with Gasteiger partial charge in [0.2, 0.25) is 11.7 Å². The van der Waals surface area contributed by atoms with Crippen molar-refractivity contribution in [2.75, 3.05) is 26.2 Å². The Morgan fingerprint density at radius 1 is 0.967 bits per heavy atom. The normalized spacial score (nSPS) is 15.7. The highest BCUT2D eigenvalue weighted by atomic mass is 32.1. The summed E-state index contributed by atoms with van der Waals surface area (Å²) >= 11 is 1.17. The van der Waals surface area contributed by atoms with Crippen molar-refractivity contribution in [2.24, 2.45) is 7.05 Å². The fourth-order valence-electron chi connectivity index (χ4n) is 3.84. The molecule has 8 heteroatoms. The Hall–Kier alpha value is -3.26. The molecule has 0 N–H and O–H groups in total. The molecule has 156 valence electrons. The number of nitrogens with zero attached hydrogens (tertiary/aromatic N) is 2. The summed E-state index contributed by atoms with van der Waals surface area (Å²) in [5.41, 5.74) is 1.56. The summed E-state index contributed by atoms with van der Waals surface area (Å²) in [7, 11) is 6.26. The van der Waals surface area contributed by atoms with E-state index in [1.807, 2.05) is 30.3 Å². The quantitative estimate of drug-likeness (QED) is 0.623. The molecule has 2 heterocycles. The number of ether oxygens (including phenoxy) is 3. The van der Waals surface area contributed by atoms with E-state index in [0.29, 0.717) is 28.8 Å². The molecule has 0 bridgehead atoms. The first-order chi connectivity index (χ1) is 14.5. The first-order valence-electron chi connectivity index (χ1n) is 9.37. The molecule has 1 atom stereocenters. The van der Waals surface area contributed by atoms with Crippen LogP contribution in [0.5, 0.6) is 17.2 Å². The maximum absolute atomic E-state index is 13.4. The van der Waals surface area contributed by atoms with Crippen LogP contribution in [0.2, 0.25) is 0 Å². The zero-order valence-electron chi connectivity index (χ0n) is 17.2. The fraction of sp³-hybridized carbons (Fsp3) is 0.273. The average Bonchev–Trinajstić information content (AvgIpc) is 3.07. The zero-order valence-corrected chi connectivity index (χ0v) is 18.0. The standard InChI is InChI=1S/C22H22N2O5S/c1-23-21-20(30-22(23)26)15(13-8-6-5-7-9-13)12-18(25)24(21)14-10-16(27-2)19(29-4)17(11-14)28-3/h5-11,15H,12H2,1-4H3. The van der Waals surface area contributed by atoms with Gasteiger partial charge in [0, 0.05) is 31.5 Å². The lowest BCUT2D eigenvalue weighted by molar-refractivity contribution is -0.118. The van der Waals surface area contributed by atoms with Crippen LogP contribution in [0.4, 0.5) is 11.5 Å². The van der Waals surface area contributed by atoms with Crippen LogP contribution in [0, 0.1) is 0 Å². The summed E-state index contributed by atoms with van der Waals surface area (Å²) in [6, 6.07) is 13.2. The van der Waals surface area contributed by atoms with Gasteiger partial charge in [-0.3, -0.25) is 19.1 Å². The number of thiazole rings is 1. The van der Waals surface area contributed by atoms with Gasteiger partial charge >= 0.3 is 4.87 Å². The van der Waals surface area contributed by atoms with Crippen molar-refractivity contribution in [3.63, 3.8) is 0 Å². The number of hydrogen-bond donors (Lipinski definition) is 0. The van der Waals surface area contributed by atoms with Gasteiger partial charge in [0.05, 0.1) is 31.9 Å². The smallest absolute Gasteiger partial charge is 0.308 e. The van der Waals surface area contributed by atoms with Crippen LogP contribution in [-0.2, 0) is 11.8 Å². The lowest BCUT2D eigenvalue weighted by Crippen LogP contribution is -2.34. The Balaban J connectivity index is 1.92. The molecule has 0 aliphatic carbocycles. The maximum atomic E-state index is 13.4. The molecule has 1 aliphatic rings. The summed E-state index contributed by atoms with van der Waals surface area (Å²) in [6.45, 7) is 0. The van der Waals surface area contributed by atoms with E-state index in [1.54, 1.807) is 24.1 Å². The van der Waals surface area contributed by atoms with Gasteiger partial charge in [0.1, 0.15) is 5.82 Å². The highest BCUT2D eigenvalue weighted by Crippen LogP contribution is 2.48. The molecule has 1 aliphatic heterocycles. The van der Waals surface area contributed by atoms with E-state index in [2.05, 4.69) is 0 Å². The van der Waals surface area contributed by atoms with E-state index in [-0.39, 0.29) is 23.1 Å². The number of carbonyl (C=O) groups excluding carboxylic acids is 1. The molecule has 0 saturated heterocycles. The Kier molecular flexibility index (Phi) is 5.26. The van der Waals surface area contributed by atoms with Crippen molar-refractivity contribution in [2.45, 2.75) is 12.3 Å². The molecule has 2 aromatic carbocycles. The zero-order chi connectivity index (χ0) is 21.4. The van der Waals surface area contributed by atoms with Crippen molar-refractivity contribution < 1.29 is 19.0 Å². The monoisotopic (exact) mass is 426 g/mol. The Morgan fingerprint density at radius 3 is 2.17 bits per heavy atom. The molecule has 4 rings (SSSR count). The van der Waals surface area contributed by atoms with Crippen LogP contribution >= 0.6 is 11.3 Å². The van der Waals surface area contributed by atoms with Crippen molar-refractivity contribution in [3.05, 3.63) is 62.6 Å². The van der Waals surface area contributed by atoms with Crippen molar-refractivity contribution >= 4 is 28.7 Å². The largest absolute Gasteiger partial charge is 0.493 e. The second-order valence-corrected chi connectivity index (χ2v) is 7.89. The summed E-state index contributed by atoms with van der Waals surface area (Å²) in [6.07, 6.45) is 0.258. The van der Waals surface area contributed by atoms with Crippen molar-refractivity contribution in [1.82, 2.24) is 4.57 Å². The molecule has 3 aromatic rings. The molecule has 0 radical (unpaired) electrons. The Bertz CT molecular complexity index is 1130. The van der Waals surface area contributed by atoms with Gasteiger partial charge in [-0.05, 0) is 5.56 Å². The second-order valence-electron chi connectivity index (χ2n) is 6.89. The molecular formula is C22H22N2O5S. The Labute approximate surface area is 178 Å². The number of methoxy groups -OCH3 is 3. The van der Waals surface area contributed by atoms with E-state index >= 15 is 0 Å². The molecule has 30 heavy (non-hydrogen) atoms. The maximum Gasteiger partial charge on any atom is 0.308 e. The first kappa shape index (κ1) is 20.0. The average molecular weight is 426 g/mol.